The van der Waals surface area contributed by atoms with Crippen LogP contribution in [-0.4, -0.2) is 47.7 Å². The Morgan fingerprint density at radius 1 is 1.10 bits per heavy atom. The van der Waals surface area contributed by atoms with Gasteiger partial charge < -0.3 is 4.90 Å². The molecule has 0 aliphatic heterocycles. The largest absolute Gasteiger partial charge is 0.302 e. The Labute approximate surface area is 195 Å². The molecule has 0 aliphatic carbocycles. The molecule has 0 saturated heterocycles. The summed E-state index contributed by atoms with van der Waals surface area (Å²) in [6.07, 6.45) is 0.496. The monoisotopic (exact) mass is 505 g/mol. The number of nitrogens with zero attached hydrogens (tertiary/aromatic N) is 3. The van der Waals surface area contributed by atoms with E-state index in [4.69, 9.17) is 4.98 Å². The molecule has 0 atom stereocenters. The van der Waals surface area contributed by atoms with E-state index in [1.165, 1.54) is 10.5 Å². The van der Waals surface area contributed by atoms with Crippen LogP contribution < -0.4 is 4.90 Å². The molecular weight excluding hydrogens is 478 g/mol. The second kappa shape index (κ2) is 11.3. The van der Waals surface area contributed by atoms with Crippen LogP contribution in [0.2, 0.25) is 0 Å². The summed E-state index contributed by atoms with van der Waals surface area (Å²) in [6.45, 7) is 9.87. The smallest absolute Gasteiger partial charge is 0.229 e. The molecule has 4 nitrogen and oxygen atoms in total. The van der Waals surface area contributed by atoms with Crippen molar-refractivity contribution in [1.82, 2.24) is 9.88 Å². The third-order valence-corrected chi connectivity index (χ3v) is 7.56. The summed E-state index contributed by atoms with van der Waals surface area (Å²) >= 11 is 6.84. The van der Waals surface area contributed by atoms with Gasteiger partial charge in [-0.25, -0.2) is 4.98 Å². The molecule has 0 N–H and O–H groups in total. The molecule has 0 unspecified atom stereocenters. The van der Waals surface area contributed by atoms with Crippen LogP contribution in [0.3, 0.4) is 0 Å². The Balaban J connectivity index is 1.71. The molecule has 0 bridgehead atoms. The molecule has 1 amide bonds. The van der Waals surface area contributed by atoms with E-state index in [1.807, 2.05) is 17.0 Å². The van der Waals surface area contributed by atoms with Crippen molar-refractivity contribution in [3.8, 4) is 0 Å². The number of halogens is 1. The number of anilines is 1. The maximum atomic E-state index is 13.2. The number of fused-ring (bicyclic) bond motifs is 1. The molecule has 3 aromatic rings. The Kier molecular flexibility index (Phi) is 8.74. The first kappa shape index (κ1) is 23.3. The van der Waals surface area contributed by atoms with Crippen molar-refractivity contribution in [2.24, 2.45) is 0 Å². The number of thioether (sulfide) groups is 1. The van der Waals surface area contributed by atoms with Crippen LogP contribution in [0.25, 0.3) is 10.2 Å². The van der Waals surface area contributed by atoms with Gasteiger partial charge in [0.1, 0.15) is 0 Å². The van der Waals surface area contributed by atoms with E-state index in [0.717, 1.165) is 45.2 Å². The summed E-state index contributed by atoms with van der Waals surface area (Å²) in [5.41, 5.74) is 2.19. The summed E-state index contributed by atoms with van der Waals surface area (Å²) in [4.78, 5) is 23.4. The summed E-state index contributed by atoms with van der Waals surface area (Å²) in [5.74, 6) is 0.903. The Morgan fingerprint density at radius 2 is 1.83 bits per heavy atom. The van der Waals surface area contributed by atoms with Crippen LogP contribution in [0, 0.1) is 6.92 Å². The molecular formula is C23H28BrN3OS2. The van der Waals surface area contributed by atoms with E-state index in [2.05, 4.69) is 71.9 Å². The molecule has 0 radical (unpaired) electrons. The number of likely N-dealkylation sites (N-methyl/N-ethyl adjacent to an activating group) is 1. The van der Waals surface area contributed by atoms with Gasteiger partial charge in [-0.05, 0) is 50.3 Å². The molecule has 2 aromatic carbocycles. The maximum Gasteiger partial charge on any atom is 0.229 e. The third kappa shape index (κ3) is 6.30. The van der Waals surface area contributed by atoms with Crippen molar-refractivity contribution < 1.29 is 4.79 Å². The maximum absolute atomic E-state index is 13.2. The molecule has 1 aromatic heterocycles. The molecule has 160 valence electrons. The normalized spacial score (nSPS) is 11.4. The lowest BCUT2D eigenvalue weighted by Crippen LogP contribution is -2.39. The number of amides is 1. The van der Waals surface area contributed by atoms with Gasteiger partial charge in [0, 0.05) is 34.6 Å². The van der Waals surface area contributed by atoms with Crippen molar-refractivity contribution >= 4 is 60.3 Å². The Hall–Kier alpha value is -1.41. The highest BCUT2D eigenvalue weighted by Gasteiger charge is 2.20. The van der Waals surface area contributed by atoms with Gasteiger partial charge in [-0.3, -0.25) is 9.69 Å². The molecule has 7 heteroatoms. The zero-order valence-electron chi connectivity index (χ0n) is 17.7. The molecule has 3 rings (SSSR count). The lowest BCUT2D eigenvalue weighted by atomic mass is 10.2. The van der Waals surface area contributed by atoms with Crippen LogP contribution in [0.15, 0.2) is 51.8 Å². The number of carbonyl (C=O) groups is 1. The second-order valence-electron chi connectivity index (χ2n) is 7.09. The number of hydrogen-bond donors (Lipinski definition) is 0. The summed E-state index contributed by atoms with van der Waals surface area (Å²) in [5, 5.41) is 0.792. The summed E-state index contributed by atoms with van der Waals surface area (Å²) < 4.78 is 2.12. The topological polar surface area (TPSA) is 36.4 Å². The minimum Gasteiger partial charge on any atom is -0.302 e. The predicted octanol–water partition coefficient (Wildman–Crippen LogP) is 6.22. The molecule has 0 fully saturated rings. The summed E-state index contributed by atoms with van der Waals surface area (Å²) in [7, 11) is 0. The van der Waals surface area contributed by atoms with Crippen LogP contribution in [0.4, 0.5) is 5.13 Å². The van der Waals surface area contributed by atoms with E-state index in [9.17, 15) is 4.79 Å². The Bertz CT molecular complexity index is 970. The zero-order valence-corrected chi connectivity index (χ0v) is 20.9. The quantitative estimate of drug-likeness (QED) is 0.306. The number of aryl methyl sites for hydroxylation is 1. The molecule has 1 heterocycles. The van der Waals surface area contributed by atoms with Gasteiger partial charge in [0.2, 0.25) is 5.91 Å². The van der Waals surface area contributed by atoms with Crippen LogP contribution in [0.5, 0.6) is 0 Å². The molecule has 0 spiro atoms. The van der Waals surface area contributed by atoms with E-state index < -0.39 is 0 Å². The highest BCUT2D eigenvalue weighted by Crippen LogP contribution is 2.31. The minimum atomic E-state index is 0.139. The first-order valence-corrected chi connectivity index (χ1v) is 12.9. The van der Waals surface area contributed by atoms with Gasteiger partial charge in [0.25, 0.3) is 0 Å². The zero-order chi connectivity index (χ0) is 21.5. The standard InChI is InChI=1S/C23H28BrN3OS2/c1-4-26(5-2)13-14-27(23-25-20-11-8-18(24)16-21(20)30-23)22(28)12-15-29-19-9-6-17(3)7-10-19/h6-11,16H,4-5,12-15H2,1-3H3. The average molecular weight is 507 g/mol. The fourth-order valence-electron chi connectivity index (χ4n) is 3.14. The van der Waals surface area contributed by atoms with Gasteiger partial charge in [-0.2, -0.15) is 0 Å². The minimum absolute atomic E-state index is 0.139. The number of aromatic nitrogens is 1. The molecule has 0 saturated carbocycles. The number of thiazole rings is 1. The summed E-state index contributed by atoms with van der Waals surface area (Å²) in [6, 6.07) is 14.5. The highest BCUT2D eigenvalue weighted by molar-refractivity contribution is 9.10. The van der Waals surface area contributed by atoms with Gasteiger partial charge in [0.15, 0.2) is 5.13 Å². The number of benzene rings is 2. The van der Waals surface area contributed by atoms with Gasteiger partial charge in [0.05, 0.1) is 10.2 Å². The fourth-order valence-corrected chi connectivity index (χ4v) is 5.54. The van der Waals surface area contributed by atoms with Crippen molar-refractivity contribution in [3.05, 3.63) is 52.5 Å². The van der Waals surface area contributed by atoms with Crippen molar-refractivity contribution in [3.63, 3.8) is 0 Å². The third-order valence-electron chi connectivity index (χ3n) is 5.01. The fraction of sp³-hybridized carbons (Fsp3) is 0.391. The predicted molar refractivity (Wildman–Crippen MR) is 134 cm³/mol. The van der Waals surface area contributed by atoms with Gasteiger partial charge in [-0.1, -0.05) is 58.8 Å². The molecule has 30 heavy (non-hydrogen) atoms. The van der Waals surface area contributed by atoms with Crippen LogP contribution >= 0.6 is 39.0 Å². The average Bonchev–Trinajstić information content (AvgIpc) is 3.15. The second-order valence-corrected chi connectivity index (χ2v) is 10.2. The van der Waals surface area contributed by atoms with E-state index in [1.54, 1.807) is 23.1 Å². The highest BCUT2D eigenvalue weighted by atomic mass is 79.9. The number of carbonyl (C=O) groups excluding carboxylic acids is 1. The Morgan fingerprint density at radius 3 is 2.53 bits per heavy atom. The van der Waals surface area contributed by atoms with Gasteiger partial charge in [-0.15, -0.1) is 11.8 Å². The van der Waals surface area contributed by atoms with Crippen molar-refractivity contribution in [1.29, 1.82) is 0 Å². The van der Waals surface area contributed by atoms with Crippen molar-refractivity contribution in [2.45, 2.75) is 32.1 Å². The van der Waals surface area contributed by atoms with E-state index >= 15 is 0 Å². The van der Waals surface area contributed by atoms with Crippen LogP contribution in [-0.2, 0) is 4.79 Å². The van der Waals surface area contributed by atoms with Gasteiger partial charge >= 0.3 is 0 Å². The first-order chi connectivity index (χ1) is 14.5. The van der Waals surface area contributed by atoms with Crippen molar-refractivity contribution in [2.75, 3.05) is 36.8 Å². The molecule has 0 aliphatic rings. The number of hydrogen-bond acceptors (Lipinski definition) is 5. The number of rotatable bonds is 10. The lowest BCUT2D eigenvalue weighted by Gasteiger charge is -2.24. The first-order valence-electron chi connectivity index (χ1n) is 10.3. The lowest BCUT2D eigenvalue weighted by molar-refractivity contribution is -0.118. The van der Waals surface area contributed by atoms with E-state index in [0.29, 0.717) is 13.0 Å². The SMILES string of the molecule is CCN(CC)CCN(C(=O)CCSc1ccc(C)cc1)c1nc2ccc(Br)cc2s1. The van der Waals surface area contributed by atoms with Crippen LogP contribution in [0.1, 0.15) is 25.8 Å². The van der Waals surface area contributed by atoms with E-state index in [-0.39, 0.29) is 5.91 Å².